The minimum atomic E-state index is -1.04. The number of anilines is 1. The van der Waals surface area contributed by atoms with E-state index in [4.69, 9.17) is 16.6 Å². The number of carbonyl (C=O) groups is 3. The van der Waals surface area contributed by atoms with Crippen LogP contribution in [0.2, 0.25) is 0 Å². The summed E-state index contributed by atoms with van der Waals surface area (Å²) >= 11 is 0. The number of carboxylic acid groups (broad SMARTS) is 1. The molecular weight excluding hydrogens is 250 g/mol. The fourth-order valence-electron chi connectivity index (χ4n) is 1.70. The number of nitrogens with two attached hydrogens (primary N) is 2. The lowest BCUT2D eigenvalue weighted by Gasteiger charge is -2.22. The van der Waals surface area contributed by atoms with Gasteiger partial charge in [0.1, 0.15) is 0 Å². The number of aryl methyl sites for hydroxylation is 1. The fourth-order valence-corrected chi connectivity index (χ4v) is 1.70. The van der Waals surface area contributed by atoms with Gasteiger partial charge in [-0.3, -0.25) is 9.59 Å². The molecule has 0 aliphatic rings. The van der Waals surface area contributed by atoms with Gasteiger partial charge in [-0.15, -0.1) is 0 Å². The van der Waals surface area contributed by atoms with Crippen LogP contribution in [0.3, 0.4) is 0 Å². The summed E-state index contributed by atoms with van der Waals surface area (Å²) in [6.45, 7) is 1.28. The molecule has 0 aliphatic carbocycles. The molecule has 102 valence electrons. The molecule has 0 atom stereocenters. The molecule has 7 heteroatoms. The predicted molar refractivity (Wildman–Crippen MR) is 68.7 cm³/mol. The van der Waals surface area contributed by atoms with Gasteiger partial charge in [-0.05, 0) is 30.7 Å². The van der Waals surface area contributed by atoms with Crippen molar-refractivity contribution in [2.24, 2.45) is 11.5 Å². The highest BCUT2D eigenvalue weighted by molar-refractivity contribution is 5.90. The van der Waals surface area contributed by atoms with Crippen LogP contribution < -0.4 is 16.4 Å². The Hall–Kier alpha value is -2.57. The van der Waals surface area contributed by atoms with Gasteiger partial charge in [-0.2, -0.15) is 0 Å². The predicted octanol–water partition coefficient (Wildman–Crippen LogP) is -0.530. The van der Waals surface area contributed by atoms with E-state index in [-0.39, 0.29) is 18.7 Å². The van der Waals surface area contributed by atoms with Crippen LogP contribution in [-0.2, 0) is 9.59 Å². The van der Waals surface area contributed by atoms with Crippen molar-refractivity contribution in [3.8, 4) is 0 Å². The third-order valence-electron chi connectivity index (χ3n) is 2.50. The van der Waals surface area contributed by atoms with Crippen molar-refractivity contribution in [3.63, 3.8) is 0 Å². The molecule has 19 heavy (non-hydrogen) atoms. The van der Waals surface area contributed by atoms with Gasteiger partial charge in [-0.25, -0.2) is 4.79 Å². The van der Waals surface area contributed by atoms with Gasteiger partial charge in [0.2, 0.25) is 11.8 Å². The first-order valence-corrected chi connectivity index (χ1v) is 5.46. The van der Waals surface area contributed by atoms with Crippen LogP contribution in [0.25, 0.3) is 0 Å². The standard InChI is InChI=1S/C12H15N3O4/c1-7-4-8(2-3-9(7)12(18)19)15(5-10(13)16)6-11(14)17/h2-4H,5-6H2,1H3,(H2,13,16)(H2,14,17)(H,18,19). The van der Waals surface area contributed by atoms with Gasteiger partial charge in [0.05, 0.1) is 18.7 Å². The van der Waals surface area contributed by atoms with Crippen molar-refractivity contribution in [1.82, 2.24) is 0 Å². The molecule has 7 nitrogen and oxygen atoms in total. The minimum absolute atomic E-state index is 0.154. The number of nitrogens with zero attached hydrogens (tertiary/aromatic N) is 1. The maximum Gasteiger partial charge on any atom is 0.335 e. The van der Waals surface area contributed by atoms with E-state index < -0.39 is 17.8 Å². The van der Waals surface area contributed by atoms with Crippen LogP contribution in [0.1, 0.15) is 15.9 Å². The van der Waals surface area contributed by atoms with E-state index in [0.29, 0.717) is 11.3 Å². The number of primary amides is 2. The Labute approximate surface area is 109 Å². The van der Waals surface area contributed by atoms with E-state index in [9.17, 15) is 14.4 Å². The zero-order valence-corrected chi connectivity index (χ0v) is 10.4. The maximum absolute atomic E-state index is 11.0. The highest BCUT2D eigenvalue weighted by atomic mass is 16.4. The molecule has 0 unspecified atom stereocenters. The highest BCUT2D eigenvalue weighted by Gasteiger charge is 2.14. The first-order valence-electron chi connectivity index (χ1n) is 5.46. The molecule has 0 aromatic heterocycles. The monoisotopic (exact) mass is 265 g/mol. The molecule has 0 bridgehead atoms. The lowest BCUT2D eigenvalue weighted by molar-refractivity contribution is -0.117. The molecular formula is C12H15N3O4. The van der Waals surface area contributed by atoms with Crippen LogP contribution >= 0.6 is 0 Å². The molecule has 0 saturated carbocycles. The average molecular weight is 265 g/mol. The van der Waals surface area contributed by atoms with Gasteiger partial charge >= 0.3 is 5.97 Å². The quantitative estimate of drug-likeness (QED) is 0.637. The molecule has 1 aromatic rings. The third-order valence-corrected chi connectivity index (χ3v) is 2.50. The van der Waals surface area contributed by atoms with Crippen LogP contribution in [-0.4, -0.2) is 36.0 Å². The van der Waals surface area contributed by atoms with Gasteiger partial charge in [0, 0.05) is 5.69 Å². The van der Waals surface area contributed by atoms with Crippen molar-refractivity contribution >= 4 is 23.5 Å². The number of amides is 2. The van der Waals surface area contributed by atoms with Crippen LogP contribution in [0.5, 0.6) is 0 Å². The van der Waals surface area contributed by atoms with E-state index >= 15 is 0 Å². The molecule has 0 spiro atoms. The number of carbonyl (C=O) groups excluding carboxylic acids is 2. The number of hydrogen-bond donors (Lipinski definition) is 3. The summed E-state index contributed by atoms with van der Waals surface area (Å²) in [7, 11) is 0. The second kappa shape index (κ2) is 5.85. The summed E-state index contributed by atoms with van der Waals surface area (Å²) in [6, 6.07) is 4.47. The van der Waals surface area contributed by atoms with Crippen molar-refractivity contribution in [1.29, 1.82) is 0 Å². The smallest absolute Gasteiger partial charge is 0.335 e. The lowest BCUT2D eigenvalue weighted by Crippen LogP contribution is -2.39. The third kappa shape index (κ3) is 3.98. The first kappa shape index (κ1) is 14.5. The molecule has 0 aliphatic heterocycles. The second-order valence-electron chi connectivity index (χ2n) is 4.09. The first-order chi connectivity index (χ1) is 8.81. The zero-order chi connectivity index (χ0) is 14.6. The van der Waals surface area contributed by atoms with E-state index in [1.165, 1.54) is 17.0 Å². The zero-order valence-electron chi connectivity index (χ0n) is 10.4. The van der Waals surface area contributed by atoms with E-state index in [2.05, 4.69) is 0 Å². The molecule has 0 heterocycles. The topological polar surface area (TPSA) is 127 Å². The Morgan fingerprint density at radius 1 is 1.16 bits per heavy atom. The Kier molecular flexibility index (Phi) is 4.46. The fraction of sp³-hybridized carbons (Fsp3) is 0.250. The summed E-state index contributed by atoms with van der Waals surface area (Å²) in [6.07, 6.45) is 0. The van der Waals surface area contributed by atoms with Crippen molar-refractivity contribution < 1.29 is 19.5 Å². The Morgan fingerprint density at radius 2 is 1.68 bits per heavy atom. The lowest BCUT2D eigenvalue weighted by atomic mass is 10.1. The summed E-state index contributed by atoms with van der Waals surface area (Å²) < 4.78 is 0. The molecule has 1 aromatic carbocycles. The van der Waals surface area contributed by atoms with Gasteiger partial charge < -0.3 is 21.5 Å². The molecule has 5 N–H and O–H groups in total. The molecule has 2 amide bonds. The van der Waals surface area contributed by atoms with Gasteiger partial charge in [0.15, 0.2) is 0 Å². The van der Waals surface area contributed by atoms with Crippen LogP contribution in [0, 0.1) is 6.92 Å². The number of carboxylic acids is 1. The van der Waals surface area contributed by atoms with Crippen molar-refractivity contribution in [2.45, 2.75) is 6.92 Å². The van der Waals surface area contributed by atoms with Gasteiger partial charge in [-0.1, -0.05) is 0 Å². The molecule has 0 fully saturated rings. The number of benzene rings is 1. The Bertz CT molecular complexity index is 512. The molecule has 0 radical (unpaired) electrons. The summed E-state index contributed by atoms with van der Waals surface area (Å²) in [5, 5.41) is 8.92. The van der Waals surface area contributed by atoms with E-state index in [1.54, 1.807) is 13.0 Å². The molecule has 1 rings (SSSR count). The van der Waals surface area contributed by atoms with E-state index in [0.717, 1.165) is 0 Å². The normalized spacial score (nSPS) is 9.95. The van der Waals surface area contributed by atoms with Gasteiger partial charge in [0.25, 0.3) is 0 Å². The SMILES string of the molecule is Cc1cc(N(CC(N)=O)CC(N)=O)ccc1C(=O)O. The van der Waals surface area contributed by atoms with E-state index in [1.807, 2.05) is 0 Å². The maximum atomic E-state index is 11.0. The average Bonchev–Trinajstić information content (AvgIpc) is 2.26. The summed E-state index contributed by atoms with van der Waals surface area (Å²) in [5.74, 6) is -2.26. The summed E-state index contributed by atoms with van der Waals surface area (Å²) in [4.78, 5) is 34.2. The molecule has 0 saturated heterocycles. The van der Waals surface area contributed by atoms with Crippen LogP contribution in [0.4, 0.5) is 5.69 Å². The van der Waals surface area contributed by atoms with Crippen molar-refractivity contribution in [3.05, 3.63) is 29.3 Å². The van der Waals surface area contributed by atoms with Crippen LogP contribution in [0.15, 0.2) is 18.2 Å². The Balaban J connectivity index is 3.08. The second-order valence-corrected chi connectivity index (χ2v) is 4.09. The Morgan fingerprint density at radius 3 is 2.05 bits per heavy atom. The largest absolute Gasteiger partial charge is 0.478 e. The minimum Gasteiger partial charge on any atom is -0.478 e. The number of rotatable bonds is 6. The van der Waals surface area contributed by atoms with Crippen molar-refractivity contribution in [2.75, 3.05) is 18.0 Å². The number of hydrogen-bond acceptors (Lipinski definition) is 4. The number of aromatic carboxylic acids is 1. The summed E-state index contributed by atoms with van der Waals surface area (Å²) in [5.41, 5.74) is 11.4. The highest BCUT2D eigenvalue weighted by Crippen LogP contribution is 2.19.